The highest BCUT2D eigenvalue weighted by Gasteiger charge is 2.37. The summed E-state index contributed by atoms with van der Waals surface area (Å²) >= 11 is 0. The monoisotopic (exact) mass is 1120 g/mol. The van der Waals surface area contributed by atoms with Crippen molar-refractivity contribution in [1.29, 1.82) is 0 Å². The second-order valence-corrected chi connectivity index (χ2v) is 22.3. The lowest BCUT2D eigenvalue weighted by Gasteiger charge is -2.29. The summed E-state index contributed by atoms with van der Waals surface area (Å²) in [4.78, 5) is 100. The van der Waals surface area contributed by atoms with Crippen LogP contribution >= 0.6 is 0 Å². The maximum absolute atomic E-state index is 13.8. The van der Waals surface area contributed by atoms with Gasteiger partial charge in [0.1, 0.15) is 54.8 Å². The Morgan fingerprint density at radius 3 is 1.78 bits per heavy atom. The second-order valence-electron chi connectivity index (χ2n) is 22.3. The van der Waals surface area contributed by atoms with Crippen LogP contribution in [0.1, 0.15) is 136 Å². The number of nitrogens with one attached hydrogen (secondary N) is 4. The molecule has 1 aliphatic rings. The lowest BCUT2D eigenvalue weighted by atomic mass is 9.91. The molecule has 81 heavy (non-hydrogen) atoms. The van der Waals surface area contributed by atoms with E-state index < -0.39 is 60.1 Å². The van der Waals surface area contributed by atoms with E-state index in [2.05, 4.69) is 33.4 Å². The number of Topliss-reactive ketones (excluding diaryl/α,β-unsaturated/α-hetero) is 2. The first kappa shape index (κ1) is 67.8. The number of phenols is 1. The van der Waals surface area contributed by atoms with Crippen LogP contribution in [0.15, 0.2) is 103 Å². The first-order valence-electron chi connectivity index (χ1n) is 27.8. The number of benzene rings is 4. The molecular formula is C63H87N5O13. The molecule has 0 bridgehead atoms. The molecule has 18 heteroatoms. The van der Waals surface area contributed by atoms with Gasteiger partial charge in [0.05, 0.1) is 6.04 Å². The van der Waals surface area contributed by atoms with Crippen LogP contribution in [0.25, 0.3) is 11.1 Å². The molecule has 0 heterocycles. The third-order valence-electron chi connectivity index (χ3n) is 13.7. The molecule has 0 fully saturated rings. The summed E-state index contributed by atoms with van der Waals surface area (Å²) in [7, 11) is 1.47. The van der Waals surface area contributed by atoms with Crippen molar-refractivity contribution in [3.05, 3.63) is 125 Å². The highest BCUT2D eigenvalue weighted by molar-refractivity contribution is 5.94. The number of hydrogen-bond donors (Lipinski definition) is 7. The first-order valence-corrected chi connectivity index (χ1v) is 27.8. The predicted octanol–water partition coefficient (Wildman–Crippen LogP) is 8.58. The van der Waals surface area contributed by atoms with Crippen molar-refractivity contribution in [3.8, 4) is 16.9 Å². The largest absolute Gasteiger partial charge is 0.508 e. The molecule has 0 saturated heterocycles. The Morgan fingerprint density at radius 1 is 0.704 bits per heavy atom. The van der Waals surface area contributed by atoms with Gasteiger partial charge in [-0.15, -0.1) is 0 Å². The SMILES string of the molecule is CC(=O)C(Cc1ccc(O)cc1)NC(C)(C)C.CC[C@H](C)[C@H](N)C(=O)O[C@H](C)[C@H](NC(=O)[C@H](CCC(=O)NC)CC(=O)C(C)C)C(=O)N[C@@H](CC(C)C)C(=O)OCc1ccccc1.O=C(O)OCC1c2ccccc2-c2ccccc21. The van der Waals surface area contributed by atoms with Crippen LogP contribution in [0.3, 0.4) is 0 Å². The molecule has 1 unspecified atom stereocenters. The maximum Gasteiger partial charge on any atom is 0.505 e. The van der Waals surface area contributed by atoms with Gasteiger partial charge in [-0.05, 0) is 111 Å². The van der Waals surface area contributed by atoms with Crippen molar-refractivity contribution < 1.29 is 62.8 Å². The number of carbonyl (C=O) groups excluding carboxylic acids is 7. The molecule has 0 radical (unpaired) electrons. The molecule has 18 nitrogen and oxygen atoms in total. The Hall–Kier alpha value is -7.44. The number of fused-ring (bicyclic) bond motifs is 3. The Morgan fingerprint density at radius 2 is 1.27 bits per heavy atom. The molecule has 4 aromatic rings. The average Bonchev–Trinajstić information content (AvgIpc) is 3.93. The smallest absolute Gasteiger partial charge is 0.505 e. The summed E-state index contributed by atoms with van der Waals surface area (Å²) in [5, 5.41) is 29.0. The molecule has 0 spiro atoms. The van der Waals surface area contributed by atoms with E-state index in [1.54, 1.807) is 52.0 Å². The number of ether oxygens (including phenoxy) is 3. The number of esters is 2. The summed E-state index contributed by atoms with van der Waals surface area (Å²) < 4.78 is 15.8. The van der Waals surface area contributed by atoms with Gasteiger partial charge in [0.15, 0.2) is 0 Å². The Bertz CT molecular complexity index is 2640. The fourth-order valence-corrected chi connectivity index (χ4v) is 8.78. The van der Waals surface area contributed by atoms with E-state index in [1.165, 1.54) is 25.1 Å². The van der Waals surface area contributed by atoms with Crippen molar-refractivity contribution in [1.82, 2.24) is 21.3 Å². The fraction of sp³-hybridized carbons (Fsp3) is 0.492. The van der Waals surface area contributed by atoms with Gasteiger partial charge >= 0.3 is 18.1 Å². The van der Waals surface area contributed by atoms with Crippen molar-refractivity contribution in [2.24, 2.45) is 29.4 Å². The predicted molar refractivity (Wildman–Crippen MR) is 311 cm³/mol. The van der Waals surface area contributed by atoms with Crippen LogP contribution in [0.4, 0.5) is 4.79 Å². The van der Waals surface area contributed by atoms with Crippen LogP contribution < -0.4 is 27.0 Å². The van der Waals surface area contributed by atoms with Crippen LogP contribution in [-0.4, -0.2) is 107 Å². The van der Waals surface area contributed by atoms with Gasteiger partial charge in [0.25, 0.3) is 0 Å². The number of phenolic OH excluding ortho intramolecular Hbond substituents is 1. The molecule has 4 aromatic carbocycles. The zero-order valence-electron chi connectivity index (χ0n) is 49.2. The highest BCUT2D eigenvalue weighted by Crippen LogP contribution is 2.44. The van der Waals surface area contributed by atoms with E-state index in [-0.39, 0.29) is 97.4 Å². The summed E-state index contributed by atoms with van der Waals surface area (Å²) in [5.74, 6) is -4.47. The lowest BCUT2D eigenvalue weighted by molar-refractivity contribution is -0.156. The average molecular weight is 1120 g/mol. The van der Waals surface area contributed by atoms with Crippen LogP contribution in [0.5, 0.6) is 5.75 Å². The fourth-order valence-electron chi connectivity index (χ4n) is 8.78. The number of rotatable bonds is 26. The first-order chi connectivity index (χ1) is 38.1. The molecule has 3 amide bonds. The van der Waals surface area contributed by atoms with Gasteiger partial charge in [-0.25, -0.2) is 9.59 Å². The van der Waals surface area contributed by atoms with Crippen molar-refractivity contribution in [2.45, 2.75) is 163 Å². The standard InChI is InChI=1S/C34H54N4O8.C15H12O3.C14H21NO2/c1-9-22(6)29(35)34(44)46-23(7)30(38-31(41)25(15-16-28(40)36-8)18-27(39)21(4)5)32(42)37-26(17-20(2)3)33(43)45-19-24-13-11-10-12-14-24;16-15(17)18-9-14-12-7-3-1-5-10(12)11-6-2-4-8-13(11)14;1-10(16)13(15-14(2,3)4)9-11-5-7-12(17)8-6-11/h10-14,20-23,25-26,29-30H,9,15-19,35H2,1-8H3,(H,36,40)(H,37,42)(H,38,41);1-8,14H,9H2,(H,16,17);5-8,13,15,17H,9H2,1-4H3/t22-,23+,25+,26-,29-,30-;;/m0../s1. The van der Waals surface area contributed by atoms with Gasteiger partial charge in [-0.2, -0.15) is 0 Å². The maximum atomic E-state index is 13.8. The summed E-state index contributed by atoms with van der Waals surface area (Å²) in [6.07, 6.45) is -1.04. The minimum absolute atomic E-state index is 0.00270. The van der Waals surface area contributed by atoms with E-state index in [4.69, 9.17) is 25.1 Å². The Labute approximate surface area is 478 Å². The third-order valence-corrected chi connectivity index (χ3v) is 13.7. The van der Waals surface area contributed by atoms with E-state index in [1.807, 2.05) is 108 Å². The molecule has 442 valence electrons. The van der Waals surface area contributed by atoms with Crippen molar-refractivity contribution in [2.75, 3.05) is 13.7 Å². The molecule has 0 aliphatic heterocycles. The van der Waals surface area contributed by atoms with E-state index >= 15 is 0 Å². The molecule has 0 aromatic heterocycles. The number of amides is 3. The topological polar surface area (TPSA) is 279 Å². The molecule has 8 N–H and O–H groups in total. The number of aromatic hydroxyl groups is 1. The van der Waals surface area contributed by atoms with Crippen LogP contribution in [0, 0.1) is 23.7 Å². The van der Waals surface area contributed by atoms with Gasteiger partial charge in [-0.3, -0.25) is 28.8 Å². The quantitative estimate of drug-likeness (QED) is 0.0229. The molecule has 7 atom stereocenters. The number of hydrogen-bond acceptors (Lipinski definition) is 14. The number of carbonyl (C=O) groups is 8. The molecular weight excluding hydrogens is 1030 g/mol. The summed E-state index contributed by atoms with van der Waals surface area (Å²) in [5.41, 5.74) is 12.4. The summed E-state index contributed by atoms with van der Waals surface area (Å²) in [6, 6.07) is 28.5. The zero-order chi connectivity index (χ0) is 60.6. The normalized spacial score (nSPS) is 14.3. The van der Waals surface area contributed by atoms with E-state index in [0.29, 0.717) is 12.8 Å². The number of nitrogens with two attached hydrogens (primary N) is 1. The number of carboxylic acid groups (broad SMARTS) is 1. The molecule has 5 rings (SSSR count). The van der Waals surface area contributed by atoms with Gasteiger partial charge < -0.3 is 51.4 Å². The third kappa shape index (κ3) is 23.3. The Balaban J connectivity index is 0.000000394. The van der Waals surface area contributed by atoms with Gasteiger partial charge in [-0.1, -0.05) is 139 Å². The number of ketones is 2. The van der Waals surface area contributed by atoms with Gasteiger partial charge in [0.2, 0.25) is 17.7 Å². The lowest BCUT2D eigenvalue weighted by Crippen LogP contribution is -2.58. The van der Waals surface area contributed by atoms with Crippen LogP contribution in [0.2, 0.25) is 0 Å². The molecule has 0 saturated carbocycles. The highest BCUT2D eigenvalue weighted by atomic mass is 16.7. The van der Waals surface area contributed by atoms with Gasteiger partial charge in [0, 0.05) is 43.2 Å². The van der Waals surface area contributed by atoms with E-state index in [0.717, 1.165) is 22.3 Å². The van der Waals surface area contributed by atoms with Crippen molar-refractivity contribution >= 4 is 47.4 Å². The minimum atomic E-state index is -1.45. The Kier molecular flexibility index (Phi) is 27.9. The minimum Gasteiger partial charge on any atom is -0.508 e. The summed E-state index contributed by atoms with van der Waals surface area (Å²) in [6.45, 7) is 20.2. The molecule has 1 aliphatic carbocycles. The zero-order valence-corrected chi connectivity index (χ0v) is 49.2. The van der Waals surface area contributed by atoms with Crippen LogP contribution in [-0.2, 0) is 60.8 Å². The van der Waals surface area contributed by atoms with E-state index in [9.17, 15) is 43.5 Å². The second kappa shape index (κ2) is 33.3. The van der Waals surface area contributed by atoms with Crippen molar-refractivity contribution in [3.63, 3.8) is 0 Å².